The SMILES string of the molecule is C#CCNC(=NCCc1ccc2ccccc2n1)NCC. The number of pyridine rings is 1. The van der Waals surface area contributed by atoms with Gasteiger partial charge in [-0.05, 0) is 19.1 Å². The molecule has 2 rings (SSSR count). The molecule has 0 saturated heterocycles. The number of nitrogens with one attached hydrogen (secondary N) is 2. The van der Waals surface area contributed by atoms with Crippen molar-refractivity contribution < 1.29 is 0 Å². The van der Waals surface area contributed by atoms with Gasteiger partial charge in [-0.1, -0.05) is 30.2 Å². The highest BCUT2D eigenvalue weighted by molar-refractivity contribution is 5.80. The Labute approximate surface area is 125 Å². The number of fused-ring (bicyclic) bond motifs is 1. The van der Waals surface area contributed by atoms with Crippen molar-refractivity contribution in [3.63, 3.8) is 0 Å². The van der Waals surface area contributed by atoms with Crippen LogP contribution in [-0.2, 0) is 6.42 Å². The molecule has 2 aromatic rings. The molecule has 0 bridgehead atoms. The number of hydrogen-bond donors (Lipinski definition) is 2. The lowest BCUT2D eigenvalue weighted by Gasteiger charge is -2.08. The van der Waals surface area contributed by atoms with Gasteiger partial charge >= 0.3 is 0 Å². The topological polar surface area (TPSA) is 49.3 Å². The Hall–Kier alpha value is -2.54. The van der Waals surface area contributed by atoms with Crippen molar-refractivity contribution in [2.75, 3.05) is 19.6 Å². The maximum atomic E-state index is 5.24. The largest absolute Gasteiger partial charge is 0.357 e. The first kappa shape index (κ1) is 14.9. The van der Waals surface area contributed by atoms with Gasteiger partial charge in [0, 0.05) is 30.6 Å². The molecule has 2 N–H and O–H groups in total. The van der Waals surface area contributed by atoms with Gasteiger partial charge in [0.25, 0.3) is 0 Å². The normalized spacial score (nSPS) is 11.1. The van der Waals surface area contributed by atoms with E-state index in [1.54, 1.807) is 0 Å². The van der Waals surface area contributed by atoms with Crippen LogP contribution in [0.4, 0.5) is 0 Å². The maximum Gasteiger partial charge on any atom is 0.192 e. The fraction of sp³-hybridized carbons (Fsp3) is 0.294. The summed E-state index contributed by atoms with van der Waals surface area (Å²) in [6.45, 7) is 3.98. The molecule has 1 heterocycles. The Morgan fingerprint density at radius 1 is 1.24 bits per heavy atom. The molecule has 0 radical (unpaired) electrons. The summed E-state index contributed by atoms with van der Waals surface area (Å²) in [7, 11) is 0. The van der Waals surface area contributed by atoms with Crippen LogP contribution in [0.1, 0.15) is 12.6 Å². The van der Waals surface area contributed by atoms with Gasteiger partial charge in [0.2, 0.25) is 0 Å². The number of guanidine groups is 1. The van der Waals surface area contributed by atoms with Crippen LogP contribution < -0.4 is 10.6 Å². The highest BCUT2D eigenvalue weighted by atomic mass is 15.2. The maximum absolute atomic E-state index is 5.24. The molecule has 1 aromatic heterocycles. The summed E-state index contributed by atoms with van der Waals surface area (Å²) in [5, 5.41) is 7.39. The molecule has 0 aliphatic rings. The molecule has 0 aliphatic heterocycles. The van der Waals surface area contributed by atoms with E-state index in [-0.39, 0.29) is 0 Å². The van der Waals surface area contributed by atoms with Crippen LogP contribution in [0.15, 0.2) is 41.4 Å². The van der Waals surface area contributed by atoms with Gasteiger partial charge in [0.15, 0.2) is 5.96 Å². The molecule has 108 valence electrons. The smallest absolute Gasteiger partial charge is 0.192 e. The van der Waals surface area contributed by atoms with Crippen LogP contribution in [0.2, 0.25) is 0 Å². The fourth-order valence-corrected chi connectivity index (χ4v) is 2.01. The number of nitrogens with zero attached hydrogens (tertiary/aromatic N) is 2. The molecule has 0 saturated carbocycles. The molecular weight excluding hydrogens is 260 g/mol. The molecule has 0 amide bonds. The van der Waals surface area contributed by atoms with Crippen LogP contribution in [0.3, 0.4) is 0 Å². The zero-order valence-corrected chi connectivity index (χ0v) is 12.3. The van der Waals surface area contributed by atoms with Crippen molar-refractivity contribution in [2.24, 2.45) is 4.99 Å². The van der Waals surface area contributed by atoms with Crippen molar-refractivity contribution in [1.29, 1.82) is 0 Å². The second kappa shape index (κ2) is 7.91. The zero-order chi connectivity index (χ0) is 14.9. The third kappa shape index (κ3) is 4.50. The van der Waals surface area contributed by atoms with E-state index < -0.39 is 0 Å². The number of hydrogen-bond acceptors (Lipinski definition) is 2. The lowest BCUT2D eigenvalue weighted by atomic mass is 10.2. The first-order valence-corrected chi connectivity index (χ1v) is 7.14. The summed E-state index contributed by atoms with van der Waals surface area (Å²) < 4.78 is 0. The van der Waals surface area contributed by atoms with Crippen LogP contribution in [-0.4, -0.2) is 30.6 Å². The summed E-state index contributed by atoms with van der Waals surface area (Å²) in [4.78, 5) is 9.12. The molecule has 0 atom stereocenters. The summed E-state index contributed by atoms with van der Waals surface area (Å²) in [6, 6.07) is 12.3. The number of benzene rings is 1. The predicted octanol–water partition coefficient (Wildman–Crippen LogP) is 1.97. The highest BCUT2D eigenvalue weighted by Crippen LogP contribution is 2.11. The van der Waals surface area contributed by atoms with Crippen molar-refractivity contribution in [3.8, 4) is 12.3 Å². The van der Waals surface area contributed by atoms with Crippen molar-refractivity contribution in [3.05, 3.63) is 42.1 Å². The predicted molar refractivity (Wildman–Crippen MR) is 88.3 cm³/mol. The number of para-hydroxylation sites is 1. The summed E-state index contributed by atoms with van der Waals surface area (Å²) >= 11 is 0. The summed E-state index contributed by atoms with van der Waals surface area (Å²) in [6.07, 6.45) is 6.04. The van der Waals surface area contributed by atoms with Crippen LogP contribution in [0.25, 0.3) is 10.9 Å². The number of terminal acetylenes is 1. The van der Waals surface area contributed by atoms with E-state index in [0.29, 0.717) is 13.1 Å². The Balaban J connectivity index is 1.98. The van der Waals surface area contributed by atoms with E-state index in [1.807, 2.05) is 25.1 Å². The van der Waals surface area contributed by atoms with Crippen molar-refractivity contribution >= 4 is 16.9 Å². The number of aromatic nitrogens is 1. The second-order valence-corrected chi connectivity index (χ2v) is 4.56. The van der Waals surface area contributed by atoms with Crippen molar-refractivity contribution in [1.82, 2.24) is 15.6 Å². The highest BCUT2D eigenvalue weighted by Gasteiger charge is 1.99. The molecule has 21 heavy (non-hydrogen) atoms. The van der Waals surface area contributed by atoms with E-state index >= 15 is 0 Å². The average molecular weight is 280 g/mol. The fourth-order valence-electron chi connectivity index (χ4n) is 2.01. The lowest BCUT2D eigenvalue weighted by molar-refractivity contribution is 0.849. The standard InChI is InChI=1S/C17H20N4/c1-3-12-19-17(18-4-2)20-13-11-15-10-9-14-7-5-6-8-16(14)21-15/h1,5-10H,4,11-13H2,2H3,(H2,18,19,20). The third-order valence-corrected chi connectivity index (χ3v) is 3.00. The summed E-state index contributed by atoms with van der Waals surface area (Å²) in [5.74, 6) is 3.29. The molecule has 0 unspecified atom stereocenters. The Morgan fingerprint density at radius 2 is 2.10 bits per heavy atom. The first-order valence-electron chi connectivity index (χ1n) is 7.14. The van der Waals surface area contributed by atoms with Gasteiger partial charge in [0.1, 0.15) is 0 Å². The van der Waals surface area contributed by atoms with E-state index in [2.05, 4.69) is 44.7 Å². The third-order valence-electron chi connectivity index (χ3n) is 3.00. The second-order valence-electron chi connectivity index (χ2n) is 4.56. The zero-order valence-electron chi connectivity index (χ0n) is 12.3. The first-order chi connectivity index (χ1) is 10.3. The summed E-state index contributed by atoms with van der Waals surface area (Å²) in [5.41, 5.74) is 2.07. The lowest BCUT2D eigenvalue weighted by Crippen LogP contribution is -2.37. The van der Waals surface area contributed by atoms with Gasteiger partial charge in [0.05, 0.1) is 12.1 Å². The Kier molecular flexibility index (Phi) is 5.60. The van der Waals surface area contributed by atoms with Gasteiger partial charge in [-0.15, -0.1) is 6.42 Å². The monoisotopic (exact) mass is 280 g/mol. The van der Waals surface area contributed by atoms with Gasteiger partial charge in [-0.25, -0.2) is 0 Å². The quantitative estimate of drug-likeness (QED) is 0.500. The molecule has 0 spiro atoms. The minimum Gasteiger partial charge on any atom is -0.357 e. The minimum atomic E-state index is 0.472. The Morgan fingerprint density at radius 3 is 2.90 bits per heavy atom. The molecular formula is C17H20N4. The average Bonchev–Trinajstić information content (AvgIpc) is 2.52. The van der Waals surface area contributed by atoms with Crippen molar-refractivity contribution in [2.45, 2.75) is 13.3 Å². The Bertz CT molecular complexity index is 655. The van der Waals surface area contributed by atoms with E-state index in [1.165, 1.54) is 0 Å². The molecule has 1 aromatic carbocycles. The van der Waals surface area contributed by atoms with Crippen LogP contribution >= 0.6 is 0 Å². The van der Waals surface area contributed by atoms with Gasteiger partial charge in [-0.2, -0.15) is 0 Å². The number of aliphatic imine (C=N–C) groups is 1. The van der Waals surface area contributed by atoms with E-state index in [0.717, 1.165) is 35.5 Å². The molecule has 0 fully saturated rings. The molecule has 4 heteroatoms. The van der Waals surface area contributed by atoms with Gasteiger partial charge in [-0.3, -0.25) is 9.98 Å². The van der Waals surface area contributed by atoms with E-state index in [9.17, 15) is 0 Å². The molecule has 4 nitrogen and oxygen atoms in total. The van der Waals surface area contributed by atoms with Gasteiger partial charge < -0.3 is 10.6 Å². The molecule has 0 aliphatic carbocycles. The number of rotatable bonds is 5. The minimum absolute atomic E-state index is 0.472. The van der Waals surface area contributed by atoms with Crippen LogP contribution in [0.5, 0.6) is 0 Å². The van der Waals surface area contributed by atoms with E-state index in [4.69, 9.17) is 6.42 Å². The van der Waals surface area contributed by atoms with Crippen LogP contribution in [0, 0.1) is 12.3 Å².